The summed E-state index contributed by atoms with van der Waals surface area (Å²) < 4.78 is 11.3. The number of ether oxygens (including phenoxy) is 2. The smallest absolute Gasteiger partial charge is 0.126 e. The van der Waals surface area contributed by atoms with Gasteiger partial charge in [0.25, 0.3) is 0 Å². The summed E-state index contributed by atoms with van der Waals surface area (Å²) in [6.45, 7) is 9.37. The summed E-state index contributed by atoms with van der Waals surface area (Å²) in [7, 11) is 1.67. The summed E-state index contributed by atoms with van der Waals surface area (Å²) in [6.07, 6.45) is 6.70. The normalized spacial score (nSPS) is 15.2. The van der Waals surface area contributed by atoms with Crippen LogP contribution in [-0.4, -0.2) is 22.3 Å². The van der Waals surface area contributed by atoms with E-state index in [4.69, 9.17) is 9.47 Å². The molecule has 0 fully saturated rings. The quantitative estimate of drug-likeness (QED) is 0.734. The van der Waals surface area contributed by atoms with Crippen molar-refractivity contribution in [3.05, 3.63) is 58.7 Å². The lowest BCUT2D eigenvalue weighted by atomic mass is 10.0. The SMILES string of the molecule is COc1ccc([Si](C)(C)c2ccc(OC)c3c2CC=C3C)c2c1C(C)=CC2. The second-order valence-corrected chi connectivity index (χ2v) is 12.5. The van der Waals surface area contributed by atoms with Gasteiger partial charge in [-0.25, -0.2) is 0 Å². The second-order valence-electron chi connectivity index (χ2n) is 8.15. The minimum Gasteiger partial charge on any atom is -0.496 e. The Labute approximate surface area is 163 Å². The predicted molar refractivity (Wildman–Crippen MR) is 117 cm³/mol. The Bertz CT molecular complexity index is 916. The maximum absolute atomic E-state index is 5.67. The van der Waals surface area contributed by atoms with Gasteiger partial charge < -0.3 is 9.47 Å². The van der Waals surface area contributed by atoms with Crippen LogP contribution in [0.1, 0.15) is 36.1 Å². The van der Waals surface area contributed by atoms with Crippen LogP contribution < -0.4 is 19.8 Å². The average molecular weight is 377 g/mol. The van der Waals surface area contributed by atoms with E-state index in [0.717, 1.165) is 24.3 Å². The van der Waals surface area contributed by atoms with E-state index >= 15 is 0 Å². The summed E-state index contributed by atoms with van der Waals surface area (Å²) in [5.74, 6) is 2.00. The first-order chi connectivity index (χ1) is 12.9. The zero-order valence-electron chi connectivity index (χ0n) is 17.2. The van der Waals surface area contributed by atoms with Crippen LogP contribution in [0.2, 0.25) is 13.1 Å². The topological polar surface area (TPSA) is 18.5 Å². The highest BCUT2D eigenvalue weighted by Gasteiger charge is 2.35. The van der Waals surface area contributed by atoms with Crippen LogP contribution >= 0.6 is 0 Å². The lowest BCUT2D eigenvalue weighted by Crippen LogP contribution is -2.55. The van der Waals surface area contributed by atoms with Crippen molar-refractivity contribution in [1.29, 1.82) is 0 Å². The molecular formula is C24H28O2Si. The lowest BCUT2D eigenvalue weighted by molar-refractivity contribution is 0.413. The number of hydrogen-bond acceptors (Lipinski definition) is 2. The third kappa shape index (κ3) is 2.60. The highest BCUT2D eigenvalue weighted by atomic mass is 28.3. The molecule has 0 aromatic heterocycles. The zero-order valence-corrected chi connectivity index (χ0v) is 18.2. The van der Waals surface area contributed by atoms with Crippen molar-refractivity contribution in [3.63, 3.8) is 0 Å². The van der Waals surface area contributed by atoms with Gasteiger partial charge in [-0.05, 0) is 61.1 Å². The molecule has 2 nitrogen and oxygen atoms in total. The van der Waals surface area contributed by atoms with E-state index in [2.05, 4.69) is 63.4 Å². The van der Waals surface area contributed by atoms with E-state index in [9.17, 15) is 0 Å². The van der Waals surface area contributed by atoms with Crippen molar-refractivity contribution in [3.8, 4) is 11.5 Å². The molecule has 0 aliphatic heterocycles. The molecule has 2 aliphatic carbocycles. The van der Waals surface area contributed by atoms with Gasteiger partial charge in [0.15, 0.2) is 0 Å². The molecule has 0 bridgehead atoms. The van der Waals surface area contributed by atoms with Crippen LogP contribution in [0.3, 0.4) is 0 Å². The third-order valence-electron chi connectivity index (χ3n) is 6.35. The third-order valence-corrected chi connectivity index (χ3v) is 9.98. The average Bonchev–Trinajstić information content (AvgIpc) is 3.24. The van der Waals surface area contributed by atoms with Gasteiger partial charge in [-0.2, -0.15) is 0 Å². The van der Waals surface area contributed by atoms with Crippen LogP contribution in [0.25, 0.3) is 11.1 Å². The van der Waals surface area contributed by atoms with Crippen LogP contribution in [0.4, 0.5) is 0 Å². The van der Waals surface area contributed by atoms with E-state index in [1.807, 2.05) is 0 Å². The Hall–Kier alpha value is -2.26. The number of allylic oxidation sites excluding steroid dienone is 4. The molecule has 4 rings (SSSR count). The zero-order chi connectivity index (χ0) is 19.3. The van der Waals surface area contributed by atoms with Crippen molar-refractivity contribution in [2.45, 2.75) is 39.8 Å². The van der Waals surface area contributed by atoms with Gasteiger partial charge >= 0.3 is 0 Å². The van der Waals surface area contributed by atoms with E-state index in [1.165, 1.54) is 43.8 Å². The maximum atomic E-state index is 5.67. The van der Waals surface area contributed by atoms with Gasteiger partial charge in [0.05, 0.1) is 14.2 Å². The molecule has 27 heavy (non-hydrogen) atoms. The van der Waals surface area contributed by atoms with Crippen LogP contribution in [0.5, 0.6) is 11.5 Å². The van der Waals surface area contributed by atoms with E-state index in [0.29, 0.717) is 0 Å². The van der Waals surface area contributed by atoms with Gasteiger partial charge in [0.2, 0.25) is 0 Å². The molecule has 0 heterocycles. The molecule has 0 saturated carbocycles. The second kappa shape index (κ2) is 6.41. The first-order valence-electron chi connectivity index (χ1n) is 9.65. The van der Waals surface area contributed by atoms with Crippen molar-refractivity contribution < 1.29 is 9.47 Å². The van der Waals surface area contributed by atoms with E-state index in [1.54, 1.807) is 14.2 Å². The first kappa shape index (κ1) is 18.1. The minimum atomic E-state index is -1.88. The van der Waals surface area contributed by atoms with E-state index < -0.39 is 8.07 Å². The van der Waals surface area contributed by atoms with Gasteiger partial charge in [0, 0.05) is 11.1 Å². The summed E-state index contributed by atoms with van der Waals surface area (Å²) in [6, 6.07) is 8.97. The number of benzene rings is 2. The summed E-state index contributed by atoms with van der Waals surface area (Å²) in [4.78, 5) is 0. The van der Waals surface area contributed by atoms with E-state index in [-0.39, 0.29) is 0 Å². The lowest BCUT2D eigenvalue weighted by Gasteiger charge is -2.30. The molecule has 0 spiro atoms. The number of rotatable bonds is 4. The molecule has 0 N–H and O–H groups in total. The largest absolute Gasteiger partial charge is 0.496 e. The number of hydrogen-bond donors (Lipinski definition) is 0. The Kier molecular flexibility index (Phi) is 4.30. The molecule has 3 heteroatoms. The fraction of sp³-hybridized carbons (Fsp3) is 0.333. The molecule has 0 atom stereocenters. The fourth-order valence-electron chi connectivity index (χ4n) is 4.91. The fourth-order valence-corrected chi connectivity index (χ4v) is 8.17. The molecule has 2 aromatic rings. The van der Waals surface area contributed by atoms with Crippen molar-refractivity contribution in [2.75, 3.05) is 14.2 Å². The molecule has 2 aliphatic rings. The standard InChI is InChI=1S/C24H28O2Si/c1-15-7-9-17-21(13-11-19(25-3)23(15)17)27(5,6)22-14-12-20(26-4)24-16(2)8-10-18(22)24/h7-8,11-14H,9-10H2,1-6H3. The monoisotopic (exact) mass is 376 g/mol. The molecule has 0 saturated heterocycles. The number of fused-ring (bicyclic) bond motifs is 2. The van der Waals surface area contributed by atoms with Crippen LogP contribution in [0, 0.1) is 0 Å². The van der Waals surface area contributed by atoms with Crippen LogP contribution in [-0.2, 0) is 12.8 Å². The molecular weight excluding hydrogens is 348 g/mol. The summed E-state index contributed by atoms with van der Waals surface area (Å²) in [5.41, 5.74) is 8.24. The predicted octanol–water partition coefficient (Wildman–Crippen LogP) is 4.45. The first-order valence-corrected chi connectivity index (χ1v) is 12.6. The molecule has 140 valence electrons. The Balaban J connectivity index is 1.91. The van der Waals surface area contributed by atoms with Crippen molar-refractivity contribution in [1.82, 2.24) is 0 Å². The molecule has 2 aromatic carbocycles. The highest BCUT2D eigenvalue weighted by Crippen LogP contribution is 2.37. The van der Waals surface area contributed by atoms with Crippen LogP contribution in [0.15, 0.2) is 36.4 Å². The number of methoxy groups -OCH3 is 2. The molecule has 0 radical (unpaired) electrons. The minimum absolute atomic E-state index is 1.00. The summed E-state index contributed by atoms with van der Waals surface area (Å²) >= 11 is 0. The van der Waals surface area contributed by atoms with Crippen molar-refractivity contribution in [2.24, 2.45) is 0 Å². The van der Waals surface area contributed by atoms with Gasteiger partial charge in [-0.1, -0.05) is 47.8 Å². The molecule has 0 unspecified atom stereocenters. The van der Waals surface area contributed by atoms with Gasteiger partial charge in [-0.3, -0.25) is 0 Å². The highest BCUT2D eigenvalue weighted by molar-refractivity contribution is 7.01. The van der Waals surface area contributed by atoms with Crippen molar-refractivity contribution >= 4 is 29.6 Å². The Morgan fingerprint density at radius 1 is 0.704 bits per heavy atom. The Morgan fingerprint density at radius 2 is 1.11 bits per heavy atom. The molecule has 0 amide bonds. The summed E-state index contributed by atoms with van der Waals surface area (Å²) in [5, 5.41) is 3.06. The Morgan fingerprint density at radius 3 is 1.48 bits per heavy atom. The maximum Gasteiger partial charge on any atom is 0.126 e. The van der Waals surface area contributed by atoms with Gasteiger partial charge in [0.1, 0.15) is 19.6 Å². The van der Waals surface area contributed by atoms with Gasteiger partial charge in [-0.15, -0.1) is 0 Å².